The van der Waals surface area contributed by atoms with Crippen molar-refractivity contribution in [2.75, 3.05) is 31.5 Å². The first-order chi connectivity index (χ1) is 9.63. The van der Waals surface area contributed by atoms with E-state index in [0.29, 0.717) is 12.2 Å². The topological polar surface area (TPSA) is 50.3 Å². The van der Waals surface area contributed by atoms with Crippen molar-refractivity contribution in [1.29, 1.82) is 0 Å². The SMILES string of the molecule is Cc1cc(NCCCCN2C[C@@H](C)O[C@@H](C)C2)ncn1. The van der Waals surface area contributed by atoms with Crippen LogP contribution >= 0.6 is 0 Å². The maximum atomic E-state index is 5.74. The van der Waals surface area contributed by atoms with Crippen molar-refractivity contribution in [2.24, 2.45) is 0 Å². The number of nitrogens with one attached hydrogen (secondary N) is 1. The molecule has 1 N–H and O–H groups in total. The van der Waals surface area contributed by atoms with Gasteiger partial charge in [-0.25, -0.2) is 9.97 Å². The van der Waals surface area contributed by atoms with E-state index >= 15 is 0 Å². The normalized spacial score (nSPS) is 23.8. The monoisotopic (exact) mass is 278 g/mol. The highest BCUT2D eigenvalue weighted by Crippen LogP contribution is 2.11. The van der Waals surface area contributed by atoms with Gasteiger partial charge in [0.05, 0.1) is 12.2 Å². The molecule has 0 aliphatic carbocycles. The Labute approximate surface area is 121 Å². The second kappa shape index (κ2) is 7.55. The van der Waals surface area contributed by atoms with Crippen molar-refractivity contribution in [3.63, 3.8) is 0 Å². The smallest absolute Gasteiger partial charge is 0.129 e. The molecule has 1 aliphatic heterocycles. The lowest BCUT2D eigenvalue weighted by Gasteiger charge is -2.35. The summed E-state index contributed by atoms with van der Waals surface area (Å²) in [7, 11) is 0. The van der Waals surface area contributed by atoms with Crippen molar-refractivity contribution in [3.8, 4) is 0 Å². The number of morpholine rings is 1. The van der Waals surface area contributed by atoms with Crippen LogP contribution in [0.15, 0.2) is 12.4 Å². The Morgan fingerprint density at radius 2 is 2.00 bits per heavy atom. The summed E-state index contributed by atoms with van der Waals surface area (Å²) in [4.78, 5) is 10.8. The van der Waals surface area contributed by atoms with Crippen LogP contribution in [0.5, 0.6) is 0 Å². The van der Waals surface area contributed by atoms with E-state index in [9.17, 15) is 0 Å². The molecule has 2 atom stereocenters. The molecule has 0 bridgehead atoms. The molecule has 1 saturated heterocycles. The van der Waals surface area contributed by atoms with Gasteiger partial charge in [-0.15, -0.1) is 0 Å². The van der Waals surface area contributed by atoms with E-state index in [4.69, 9.17) is 4.74 Å². The van der Waals surface area contributed by atoms with E-state index in [1.165, 1.54) is 6.42 Å². The molecule has 0 spiro atoms. The fourth-order valence-electron chi connectivity index (χ4n) is 2.70. The Bertz CT molecular complexity index is 403. The van der Waals surface area contributed by atoms with Crippen molar-refractivity contribution in [3.05, 3.63) is 18.1 Å². The molecule has 0 amide bonds. The lowest BCUT2D eigenvalue weighted by molar-refractivity contribution is -0.0681. The Morgan fingerprint density at radius 1 is 1.25 bits per heavy atom. The first-order valence-electron chi connectivity index (χ1n) is 7.54. The highest BCUT2D eigenvalue weighted by atomic mass is 16.5. The van der Waals surface area contributed by atoms with Crippen LogP contribution in [0.1, 0.15) is 32.4 Å². The average Bonchev–Trinajstić information content (AvgIpc) is 2.37. The Balaban J connectivity index is 1.59. The van der Waals surface area contributed by atoms with Gasteiger partial charge in [0.1, 0.15) is 12.1 Å². The number of aryl methyl sites for hydroxylation is 1. The first-order valence-corrected chi connectivity index (χ1v) is 7.54. The lowest BCUT2D eigenvalue weighted by Crippen LogP contribution is -2.45. The molecule has 1 aromatic rings. The molecule has 0 saturated carbocycles. The molecule has 5 heteroatoms. The third-order valence-corrected chi connectivity index (χ3v) is 3.51. The number of aromatic nitrogens is 2. The molecule has 0 radical (unpaired) electrons. The second-order valence-electron chi connectivity index (χ2n) is 5.70. The quantitative estimate of drug-likeness (QED) is 0.807. The summed E-state index contributed by atoms with van der Waals surface area (Å²) in [6.07, 6.45) is 4.69. The zero-order valence-electron chi connectivity index (χ0n) is 12.8. The van der Waals surface area contributed by atoms with E-state index < -0.39 is 0 Å². The summed E-state index contributed by atoms with van der Waals surface area (Å²) in [6, 6.07) is 1.98. The van der Waals surface area contributed by atoms with E-state index in [2.05, 4.69) is 34.0 Å². The molecule has 20 heavy (non-hydrogen) atoms. The largest absolute Gasteiger partial charge is 0.373 e. The van der Waals surface area contributed by atoms with Gasteiger partial charge in [0.15, 0.2) is 0 Å². The summed E-state index contributed by atoms with van der Waals surface area (Å²) in [5.41, 5.74) is 0.999. The number of ether oxygens (including phenoxy) is 1. The Hall–Kier alpha value is -1.20. The molecular formula is C15H26N4O. The molecule has 1 fully saturated rings. The van der Waals surface area contributed by atoms with Gasteiger partial charge in [-0.05, 0) is 40.2 Å². The molecule has 112 valence electrons. The minimum atomic E-state index is 0.362. The predicted octanol–water partition coefficient (Wildman–Crippen LogP) is 2.09. The maximum absolute atomic E-state index is 5.74. The van der Waals surface area contributed by atoms with Crippen LogP contribution in [0, 0.1) is 6.92 Å². The van der Waals surface area contributed by atoms with E-state index in [0.717, 1.165) is 44.1 Å². The average molecular weight is 278 g/mol. The summed E-state index contributed by atoms with van der Waals surface area (Å²) < 4.78 is 5.74. The van der Waals surface area contributed by atoms with Crippen LogP contribution < -0.4 is 5.32 Å². The lowest BCUT2D eigenvalue weighted by atomic mass is 10.2. The van der Waals surface area contributed by atoms with Gasteiger partial charge >= 0.3 is 0 Å². The van der Waals surface area contributed by atoms with Gasteiger partial charge in [0, 0.05) is 31.4 Å². The van der Waals surface area contributed by atoms with Crippen molar-refractivity contribution >= 4 is 5.82 Å². The van der Waals surface area contributed by atoms with Crippen LogP contribution in [-0.2, 0) is 4.74 Å². The van der Waals surface area contributed by atoms with Crippen molar-refractivity contribution in [2.45, 2.75) is 45.8 Å². The number of nitrogens with zero attached hydrogens (tertiary/aromatic N) is 3. The fourth-order valence-corrected chi connectivity index (χ4v) is 2.70. The van der Waals surface area contributed by atoms with Gasteiger partial charge < -0.3 is 10.1 Å². The summed E-state index contributed by atoms with van der Waals surface area (Å²) in [5, 5.41) is 3.35. The predicted molar refractivity (Wildman–Crippen MR) is 80.9 cm³/mol. The number of anilines is 1. The Kier molecular flexibility index (Phi) is 5.73. The third-order valence-electron chi connectivity index (χ3n) is 3.51. The molecule has 2 rings (SSSR count). The van der Waals surface area contributed by atoms with Crippen LogP contribution in [0.2, 0.25) is 0 Å². The molecule has 2 heterocycles. The van der Waals surface area contributed by atoms with Gasteiger partial charge in [-0.3, -0.25) is 4.90 Å². The number of hydrogen-bond acceptors (Lipinski definition) is 5. The highest BCUT2D eigenvalue weighted by Gasteiger charge is 2.21. The van der Waals surface area contributed by atoms with E-state index in [-0.39, 0.29) is 0 Å². The Morgan fingerprint density at radius 3 is 2.70 bits per heavy atom. The van der Waals surface area contributed by atoms with Crippen molar-refractivity contribution < 1.29 is 4.74 Å². The fraction of sp³-hybridized carbons (Fsp3) is 0.733. The standard InChI is InChI=1S/C15H26N4O/c1-12-8-15(18-11-17-12)16-6-4-5-7-19-9-13(2)20-14(3)10-19/h8,11,13-14H,4-7,9-10H2,1-3H3,(H,16,17,18)/t13-,14+. The molecule has 1 aromatic heterocycles. The van der Waals surface area contributed by atoms with Gasteiger partial charge in [-0.1, -0.05) is 0 Å². The zero-order valence-corrected chi connectivity index (χ0v) is 12.8. The molecule has 0 aromatic carbocycles. The first kappa shape index (κ1) is 15.2. The summed E-state index contributed by atoms with van der Waals surface area (Å²) in [6.45, 7) is 10.5. The molecular weight excluding hydrogens is 252 g/mol. The number of hydrogen-bond donors (Lipinski definition) is 1. The summed E-state index contributed by atoms with van der Waals surface area (Å²) in [5.74, 6) is 0.922. The van der Waals surface area contributed by atoms with Crippen molar-refractivity contribution in [1.82, 2.24) is 14.9 Å². The van der Waals surface area contributed by atoms with E-state index in [1.54, 1.807) is 6.33 Å². The summed E-state index contributed by atoms with van der Waals surface area (Å²) >= 11 is 0. The van der Waals surface area contributed by atoms with Crippen LogP contribution in [-0.4, -0.2) is 53.3 Å². The molecule has 0 unspecified atom stereocenters. The van der Waals surface area contributed by atoms with Crippen LogP contribution in [0.25, 0.3) is 0 Å². The number of unbranched alkanes of at least 4 members (excludes halogenated alkanes) is 1. The van der Waals surface area contributed by atoms with Crippen LogP contribution in [0.3, 0.4) is 0 Å². The van der Waals surface area contributed by atoms with Gasteiger partial charge in [0.2, 0.25) is 0 Å². The molecule has 5 nitrogen and oxygen atoms in total. The second-order valence-corrected chi connectivity index (χ2v) is 5.70. The van der Waals surface area contributed by atoms with Crippen LogP contribution in [0.4, 0.5) is 5.82 Å². The zero-order chi connectivity index (χ0) is 14.4. The maximum Gasteiger partial charge on any atom is 0.129 e. The van der Waals surface area contributed by atoms with Gasteiger partial charge in [0.25, 0.3) is 0 Å². The minimum absolute atomic E-state index is 0.362. The minimum Gasteiger partial charge on any atom is -0.373 e. The van der Waals surface area contributed by atoms with Gasteiger partial charge in [-0.2, -0.15) is 0 Å². The highest BCUT2D eigenvalue weighted by molar-refractivity contribution is 5.33. The van der Waals surface area contributed by atoms with E-state index in [1.807, 2.05) is 13.0 Å². The number of rotatable bonds is 6. The molecule has 1 aliphatic rings. The third kappa shape index (κ3) is 5.06.